The van der Waals surface area contributed by atoms with Crippen LogP contribution in [0.1, 0.15) is 48.8 Å². The third kappa shape index (κ3) is 4.85. The van der Waals surface area contributed by atoms with Crippen molar-refractivity contribution >= 4 is 11.6 Å². The van der Waals surface area contributed by atoms with Crippen LogP contribution in [0.3, 0.4) is 0 Å². The van der Waals surface area contributed by atoms with Gasteiger partial charge in [-0.1, -0.05) is 0 Å². The van der Waals surface area contributed by atoms with Gasteiger partial charge in [-0.3, -0.25) is 14.9 Å². The maximum Gasteiger partial charge on any atom is 0.416 e. The van der Waals surface area contributed by atoms with E-state index < -0.39 is 22.4 Å². The molecule has 7 nitrogen and oxygen atoms in total. The van der Waals surface area contributed by atoms with Gasteiger partial charge < -0.3 is 15.0 Å². The summed E-state index contributed by atoms with van der Waals surface area (Å²) in [5.74, 6) is -0.235. The Morgan fingerprint density at radius 3 is 2.58 bits per heavy atom. The van der Waals surface area contributed by atoms with Gasteiger partial charge in [-0.05, 0) is 50.2 Å². The Morgan fingerprint density at radius 1 is 1.16 bits per heavy atom. The zero-order valence-corrected chi connectivity index (χ0v) is 17.1. The zero-order valence-electron chi connectivity index (χ0n) is 17.1. The molecule has 2 fully saturated rings. The molecule has 2 unspecified atom stereocenters. The van der Waals surface area contributed by atoms with Gasteiger partial charge in [0.05, 0.1) is 10.5 Å². The molecular weight excluding hydrogens is 415 g/mol. The Balaban J connectivity index is 1.44. The average molecular weight is 441 g/mol. The molecule has 1 aromatic carbocycles. The normalized spacial score (nSPS) is 24.8. The summed E-state index contributed by atoms with van der Waals surface area (Å²) in [7, 11) is 0. The lowest BCUT2D eigenvalue weighted by Crippen LogP contribution is -2.42. The number of fused-ring (bicyclic) bond motifs is 1. The molecule has 0 spiro atoms. The zero-order chi connectivity index (χ0) is 22.2. The van der Waals surface area contributed by atoms with E-state index in [2.05, 4.69) is 5.32 Å². The van der Waals surface area contributed by atoms with Crippen LogP contribution in [0, 0.1) is 16.0 Å². The Morgan fingerprint density at radius 2 is 1.90 bits per heavy atom. The predicted octanol–water partition coefficient (Wildman–Crippen LogP) is 3.44. The van der Waals surface area contributed by atoms with Crippen LogP contribution in [-0.4, -0.2) is 47.6 Å². The highest BCUT2D eigenvalue weighted by molar-refractivity contribution is 5.79. The van der Waals surface area contributed by atoms with E-state index in [4.69, 9.17) is 4.74 Å². The van der Waals surface area contributed by atoms with Gasteiger partial charge in [0.1, 0.15) is 0 Å². The molecule has 1 amide bonds. The molecule has 0 aromatic heterocycles. The summed E-state index contributed by atoms with van der Waals surface area (Å²) in [6.45, 7) is 1.75. The quantitative estimate of drug-likeness (QED) is 0.572. The Labute approximate surface area is 178 Å². The van der Waals surface area contributed by atoms with Crippen molar-refractivity contribution in [3.8, 4) is 0 Å². The van der Waals surface area contributed by atoms with E-state index in [-0.39, 0.29) is 42.9 Å². The fourth-order valence-corrected chi connectivity index (χ4v) is 5.00. The average Bonchev–Trinajstić information content (AvgIpc) is 3.20. The predicted molar refractivity (Wildman–Crippen MR) is 105 cm³/mol. The smallest absolute Gasteiger partial charge is 0.381 e. The minimum absolute atomic E-state index is 0.0204. The fraction of sp³-hybridized carbons (Fsp3) is 0.667. The number of nitrogens with one attached hydrogen (secondary N) is 1. The van der Waals surface area contributed by atoms with Crippen molar-refractivity contribution in [2.24, 2.45) is 5.92 Å². The number of benzene rings is 1. The summed E-state index contributed by atoms with van der Waals surface area (Å²) >= 11 is 0. The SMILES string of the molecule is O=C(C1CCC(NC2CCOCC2)C1)N1CCc2c(cc(C(F)(F)F)cc2[N+](=O)[O-])C1. The van der Waals surface area contributed by atoms with Crippen LogP contribution >= 0.6 is 0 Å². The molecule has 0 bridgehead atoms. The number of amides is 1. The second-order valence-electron chi connectivity index (χ2n) is 8.66. The molecular formula is C21H26F3N3O4. The minimum Gasteiger partial charge on any atom is -0.381 e. The van der Waals surface area contributed by atoms with Crippen LogP contribution in [0.4, 0.5) is 18.9 Å². The molecule has 10 heteroatoms. The number of halogens is 3. The Bertz CT molecular complexity index is 855. The standard InChI is InChI=1S/C21H26F3N3O4/c22-21(23,24)15-9-14-12-26(6-3-18(14)19(11-15)27(29)30)20(28)13-1-2-17(10-13)25-16-4-7-31-8-5-16/h9,11,13,16-17,25H,1-8,10,12H2. The molecule has 2 aliphatic heterocycles. The van der Waals surface area contributed by atoms with E-state index in [1.807, 2.05) is 0 Å². The second kappa shape index (κ2) is 8.74. The topological polar surface area (TPSA) is 84.7 Å². The van der Waals surface area contributed by atoms with Crippen LogP contribution < -0.4 is 5.32 Å². The molecule has 31 heavy (non-hydrogen) atoms. The van der Waals surface area contributed by atoms with Crippen LogP contribution in [0.5, 0.6) is 0 Å². The third-order valence-electron chi connectivity index (χ3n) is 6.62. The number of nitrogens with zero attached hydrogens (tertiary/aromatic N) is 2. The summed E-state index contributed by atoms with van der Waals surface area (Å²) < 4.78 is 45.0. The van der Waals surface area contributed by atoms with E-state index >= 15 is 0 Å². The molecule has 170 valence electrons. The van der Waals surface area contributed by atoms with Crippen molar-refractivity contribution in [2.75, 3.05) is 19.8 Å². The summed E-state index contributed by atoms with van der Waals surface area (Å²) in [6, 6.07) is 2.20. The number of nitro benzene ring substituents is 1. The van der Waals surface area contributed by atoms with Crippen molar-refractivity contribution in [2.45, 2.75) is 63.3 Å². The highest BCUT2D eigenvalue weighted by Crippen LogP contribution is 2.38. The molecule has 1 saturated heterocycles. The van der Waals surface area contributed by atoms with Crippen LogP contribution in [0.2, 0.25) is 0 Å². The number of ether oxygens (including phenoxy) is 1. The third-order valence-corrected chi connectivity index (χ3v) is 6.62. The molecule has 1 saturated carbocycles. The first-order valence-corrected chi connectivity index (χ1v) is 10.7. The van der Waals surface area contributed by atoms with Gasteiger partial charge in [0.2, 0.25) is 5.91 Å². The van der Waals surface area contributed by atoms with Crippen LogP contribution in [0.15, 0.2) is 12.1 Å². The molecule has 1 N–H and O–H groups in total. The van der Waals surface area contributed by atoms with Crippen molar-refractivity contribution in [3.63, 3.8) is 0 Å². The highest BCUT2D eigenvalue weighted by atomic mass is 19.4. The largest absolute Gasteiger partial charge is 0.416 e. The molecule has 3 aliphatic rings. The monoisotopic (exact) mass is 441 g/mol. The van der Waals surface area contributed by atoms with Crippen LogP contribution in [-0.2, 0) is 28.7 Å². The molecule has 0 radical (unpaired) electrons. The van der Waals surface area contributed by atoms with E-state index in [0.717, 1.165) is 45.0 Å². The number of nitro groups is 1. The number of hydrogen-bond donors (Lipinski definition) is 1. The van der Waals surface area contributed by atoms with Crippen LogP contribution in [0.25, 0.3) is 0 Å². The maximum absolute atomic E-state index is 13.2. The molecule has 2 atom stereocenters. The number of hydrogen-bond acceptors (Lipinski definition) is 5. The first kappa shape index (κ1) is 22.0. The molecule has 1 aromatic rings. The van der Waals surface area contributed by atoms with Gasteiger partial charge in [0.25, 0.3) is 5.69 Å². The first-order chi connectivity index (χ1) is 14.7. The van der Waals surface area contributed by atoms with E-state index in [1.54, 1.807) is 4.90 Å². The fourth-order valence-electron chi connectivity index (χ4n) is 5.00. The van der Waals surface area contributed by atoms with Crippen molar-refractivity contribution in [3.05, 3.63) is 38.9 Å². The summed E-state index contributed by atoms with van der Waals surface area (Å²) in [5, 5.41) is 14.9. The second-order valence-corrected chi connectivity index (χ2v) is 8.66. The lowest BCUT2D eigenvalue weighted by atomic mass is 9.94. The number of carbonyl (C=O) groups excluding carboxylic acids is 1. The highest BCUT2D eigenvalue weighted by Gasteiger charge is 2.38. The van der Waals surface area contributed by atoms with E-state index in [0.29, 0.717) is 24.1 Å². The molecule has 1 aliphatic carbocycles. The summed E-state index contributed by atoms with van der Waals surface area (Å²) in [5.41, 5.74) is -1.05. The van der Waals surface area contributed by atoms with Gasteiger partial charge in [-0.2, -0.15) is 13.2 Å². The minimum atomic E-state index is -4.68. The lowest BCUT2D eigenvalue weighted by molar-refractivity contribution is -0.385. The van der Waals surface area contributed by atoms with Crippen molar-refractivity contribution in [1.29, 1.82) is 0 Å². The maximum atomic E-state index is 13.2. The molecule has 2 heterocycles. The van der Waals surface area contributed by atoms with Gasteiger partial charge in [0.15, 0.2) is 0 Å². The number of rotatable bonds is 4. The number of carbonyl (C=O) groups is 1. The van der Waals surface area contributed by atoms with Crippen molar-refractivity contribution < 1.29 is 27.6 Å². The Kier molecular flexibility index (Phi) is 6.20. The van der Waals surface area contributed by atoms with Gasteiger partial charge >= 0.3 is 6.18 Å². The van der Waals surface area contributed by atoms with E-state index in [9.17, 15) is 28.1 Å². The lowest BCUT2D eigenvalue weighted by Gasteiger charge is -2.31. The summed E-state index contributed by atoms with van der Waals surface area (Å²) in [4.78, 5) is 25.2. The molecule has 4 rings (SSSR count). The van der Waals surface area contributed by atoms with Gasteiger partial charge in [-0.25, -0.2) is 0 Å². The first-order valence-electron chi connectivity index (χ1n) is 10.7. The number of alkyl halides is 3. The Hall–Kier alpha value is -2.20. The summed E-state index contributed by atoms with van der Waals surface area (Å²) in [6.07, 6.45) is -0.237. The van der Waals surface area contributed by atoms with Gasteiger partial charge in [0, 0.05) is 55.9 Å². The van der Waals surface area contributed by atoms with E-state index in [1.165, 1.54) is 0 Å². The van der Waals surface area contributed by atoms with Crippen molar-refractivity contribution in [1.82, 2.24) is 10.2 Å². The van der Waals surface area contributed by atoms with Gasteiger partial charge in [-0.15, -0.1) is 0 Å².